The molecule has 0 fully saturated rings. The number of unbranched alkanes of at least 4 members (excludes halogenated alkanes) is 1. The molecule has 0 unspecified atom stereocenters. The second-order valence-electron chi connectivity index (χ2n) is 7.95. The number of hydrogen-bond acceptors (Lipinski definition) is 6. The van der Waals surface area contributed by atoms with E-state index in [0.717, 1.165) is 6.42 Å². The normalized spacial score (nSPS) is 11.7. The minimum atomic E-state index is -1.00. The van der Waals surface area contributed by atoms with E-state index in [9.17, 15) is 14.4 Å². The van der Waals surface area contributed by atoms with Crippen LogP contribution in [0, 0.1) is 0 Å². The molecule has 35 heavy (non-hydrogen) atoms. The quantitative estimate of drug-likeness (QED) is 0.439. The number of anilines is 2. The molecule has 3 rings (SSSR count). The summed E-state index contributed by atoms with van der Waals surface area (Å²) in [7, 11) is 1.52. The zero-order valence-electron chi connectivity index (χ0n) is 19.9. The van der Waals surface area contributed by atoms with Crippen LogP contribution in [0.5, 0.6) is 11.5 Å². The molecule has 0 bridgehead atoms. The molecule has 0 aliphatic heterocycles. The summed E-state index contributed by atoms with van der Waals surface area (Å²) in [5.74, 6) is 0.299. The first-order valence-corrected chi connectivity index (χ1v) is 11.6. The lowest BCUT2D eigenvalue weighted by Crippen LogP contribution is -2.45. The molecular weight excluding hydrogens is 472 g/mol. The molecule has 9 nitrogen and oxygen atoms in total. The van der Waals surface area contributed by atoms with Crippen molar-refractivity contribution in [3.63, 3.8) is 0 Å². The number of methoxy groups -OCH3 is 1. The molecule has 3 aromatic rings. The van der Waals surface area contributed by atoms with E-state index in [1.165, 1.54) is 16.6 Å². The summed E-state index contributed by atoms with van der Waals surface area (Å²) in [6.45, 7) is 3.80. The SMILES string of the molecule is CCCCn1c(N)c(N(Cc2ccccc2OC)C(=O)[C@H](C)Oc2cccc(Cl)c2)c(=O)[nH]c1=O. The van der Waals surface area contributed by atoms with Gasteiger partial charge in [-0.25, -0.2) is 4.79 Å². The second kappa shape index (κ2) is 11.6. The van der Waals surface area contributed by atoms with Gasteiger partial charge in [0.05, 0.1) is 13.7 Å². The third-order valence-electron chi connectivity index (χ3n) is 5.46. The fourth-order valence-corrected chi connectivity index (χ4v) is 3.84. The van der Waals surface area contributed by atoms with Crippen LogP contribution < -0.4 is 31.4 Å². The lowest BCUT2D eigenvalue weighted by Gasteiger charge is -2.28. The fourth-order valence-electron chi connectivity index (χ4n) is 3.66. The maximum absolute atomic E-state index is 13.7. The third kappa shape index (κ3) is 6.05. The van der Waals surface area contributed by atoms with Crippen LogP contribution in [0.2, 0.25) is 5.02 Å². The lowest BCUT2D eigenvalue weighted by atomic mass is 10.1. The van der Waals surface area contributed by atoms with E-state index in [0.29, 0.717) is 35.1 Å². The molecule has 2 aromatic carbocycles. The Kier molecular flexibility index (Phi) is 8.59. The van der Waals surface area contributed by atoms with Crippen LogP contribution in [0.3, 0.4) is 0 Å². The molecule has 0 aliphatic rings. The Morgan fingerprint density at radius 2 is 1.94 bits per heavy atom. The van der Waals surface area contributed by atoms with E-state index >= 15 is 0 Å². The van der Waals surface area contributed by atoms with Crippen molar-refractivity contribution in [2.45, 2.75) is 45.9 Å². The van der Waals surface area contributed by atoms with Gasteiger partial charge in [0.25, 0.3) is 11.5 Å². The van der Waals surface area contributed by atoms with Crippen molar-refractivity contribution in [3.05, 3.63) is 80.0 Å². The van der Waals surface area contributed by atoms with Crippen molar-refractivity contribution < 1.29 is 14.3 Å². The number of benzene rings is 2. The summed E-state index contributed by atoms with van der Waals surface area (Å²) < 4.78 is 12.5. The minimum absolute atomic E-state index is 0.0364. The van der Waals surface area contributed by atoms with Gasteiger partial charge in [0.1, 0.15) is 17.3 Å². The molecule has 1 heterocycles. The molecule has 1 amide bonds. The third-order valence-corrected chi connectivity index (χ3v) is 5.70. The summed E-state index contributed by atoms with van der Waals surface area (Å²) >= 11 is 6.04. The molecule has 1 aromatic heterocycles. The largest absolute Gasteiger partial charge is 0.496 e. The van der Waals surface area contributed by atoms with Crippen molar-refractivity contribution in [3.8, 4) is 11.5 Å². The summed E-state index contributed by atoms with van der Waals surface area (Å²) in [4.78, 5) is 42.6. The highest BCUT2D eigenvalue weighted by molar-refractivity contribution is 6.30. The van der Waals surface area contributed by atoms with Gasteiger partial charge in [-0.1, -0.05) is 49.2 Å². The zero-order chi connectivity index (χ0) is 25.5. The number of halogens is 1. The van der Waals surface area contributed by atoms with E-state index in [2.05, 4.69) is 4.98 Å². The molecule has 0 radical (unpaired) electrons. The van der Waals surface area contributed by atoms with Gasteiger partial charge in [0.2, 0.25) is 0 Å². The number of nitrogen functional groups attached to an aromatic ring is 1. The maximum Gasteiger partial charge on any atom is 0.330 e. The number of carbonyl (C=O) groups excluding carboxylic acids is 1. The first-order chi connectivity index (χ1) is 16.8. The topological polar surface area (TPSA) is 120 Å². The van der Waals surface area contributed by atoms with E-state index < -0.39 is 23.3 Å². The highest BCUT2D eigenvalue weighted by Gasteiger charge is 2.30. The number of carbonyl (C=O) groups is 1. The average Bonchev–Trinajstić information content (AvgIpc) is 2.83. The lowest BCUT2D eigenvalue weighted by molar-refractivity contribution is -0.124. The standard InChI is InChI=1S/C25H29ClN4O5/c1-4-5-13-29-22(27)21(23(31)28-25(29)33)30(15-17-9-6-7-12-20(17)34-3)24(32)16(2)35-19-11-8-10-18(26)14-19/h6-12,14,16H,4-5,13,15,27H2,1-3H3,(H,28,31,33)/t16-/m0/s1. The Bertz CT molecular complexity index is 1300. The Labute approximate surface area is 208 Å². The Balaban J connectivity index is 2.09. The highest BCUT2D eigenvalue weighted by atomic mass is 35.5. The van der Waals surface area contributed by atoms with E-state index in [1.54, 1.807) is 55.5 Å². The molecule has 0 aliphatic carbocycles. The number of hydrogen-bond donors (Lipinski definition) is 2. The van der Waals surface area contributed by atoms with E-state index in [4.69, 9.17) is 26.8 Å². The van der Waals surface area contributed by atoms with Gasteiger partial charge >= 0.3 is 5.69 Å². The zero-order valence-corrected chi connectivity index (χ0v) is 20.7. The van der Waals surface area contributed by atoms with E-state index in [-0.39, 0.29) is 18.1 Å². The van der Waals surface area contributed by atoms with Crippen molar-refractivity contribution in [1.82, 2.24) is 9.55 Å². The number of nitrogens with zero attached hydrogens (tertiary/aromatic N) is 2. The number of H-pyrrole nitrogens is 1. The van der Waals surface area contributed by atoms with E-state index in [1.807, 2.05) is 6.92 Å². The number of nitrogens with one attached hydrogen (secondary N) is 1. The molecule has 0 saturated heterocycles. The summed E-state index contributed by atoms with van der Waals surface area (Å²) in [6, 6.07) is 13.8. The van der Waals surface area contributed by atoms with Gasteiger partial charge in [-0.15, -0.1) is 0 Å². The Morgan fingerprint density at radius 1 is 1.20 bits per heavy atom. The smallest absolute Gasteiger partial charge is 0.330 e. The van der Waals surface area contributed by atoms with Gasteiger partial charge in [0.15, 0.2) is 11.8 Å². The number of aromatic nitrogens is 2. The molecule has 1 atom stereocenters. The van der Waals surface area contributed by atoms with Crippen LogP contribution in [0.25, 0.3) is 0 Å². The first kappa shape index (κ1) is 25.9. The van der Waals surface area contributed by atoms with Crippen LogP contribution in [-0.4, -0.2) is 28.7 Å². The average molecular weight is 501 g/mol. The Hall–Kier alpha value is -3.72. The summed E-state index contributed by atoms with van der Waals surface area (Å²) in [5.41, 5.74) is 5.44. The summed E-state index contributed by atoms with van der Waals surface area (Å²) in [6.07, 6.45) is 0.483. The maximum atomic E-state index is 13.7. The second-order valence-corrected chi connectivity index (χ2v) is 8.39. The van der Waals surface area contributed by atoms with Crippen LogP contribution in [-0.2, 0) is 17.9 Å². The fraction of sp³-hybridized carbons (Fsp3) is 0.320. The molecule has 0 saturated carbocycles. The number of aromatic amines is 1. The van der Waals surface area contributed by atoms with Crippen molar-refractivity contribution >= 4 is 29.0 Å². The first-order valence-electron chi connectivity index (χ1n) is 11.2. The van der Waals surface area contributed by atoms with Crippen molar-refractivity contribution in [2.24, 2.45) is 0 Å². The molecule has 186 valence electrons. The predicted octanol–water partition coefficient (Wildman–Crippen LogP) is 3.58. The molecule has 10 heteroatoms. The monoisotopic (exact) mass is 500 g/mol. The van der Waals surface area contributed by atoms with Crippen molar-refractivity contribution in [2.75, 3.05) is 17.7 Å². The van der Waals surface area contributed by atoms with Crippen molar-refractivity contribution in [1.29, 1.82) is 0 Å². The minimum Gasteiger partial charge on any atom is -0.496 e. The van der Waals surface area contributed by atoms with Crippen LogP contribution in [0.1, 0.15) is 32.3 Å². The van der Waals surface area contributed by atoms with Crippen LogP contribution in [0.4, 0.5) is 11.5 Å². The number of amides is 1. The highest BCUT2D eigenvalue weighted by Crippen LogP contribution is 2.26. The number of rotatable bonds is 10. The molecular formula is C25H29ClN4O5. The Morgan fingerprint density at radius 3 is 2.63 bits per heavy atom. The number of para-hydroxylation sites is 1. The van der Waals surface area contributed by atoms with Gasteiger partial charge in [0, 0.05) is 17.1 Å². The predicted molar refractivity (Wildman–Crippen MR) is 136 cm³/mol. The van der Waals surface area contributed by atoms with Crippen LogP contribution in [0.15, 0.2) is 58.1 Å². The molecule has 3 N–H and O–H groups in total. The van der Waals surface area contributed by atoms with Gasteiger partial charge in [-0.05, 0) is 37.6 Å². The molecule has 0 spiro atoms. The summed E-state index contributed by atoms with van der Waals surface area (Å²) in [5, 5.41) is 0.455. The van der Waals surface area contributed by atoms with Gasteiger partial charge in [-0.3, -0.25) is 24.0 Å². The van der Waals surface area contributed by atoms with Gasteiger partial charge in [-0.2, -0.15) is 0 Å². The van der Waals surface area contributed by atoms with Gasteiger partial charge < -0.3 is 15.2 Å². The number of ether oxygens (including phenoxy) is 2. The van der Waals surface area contributed by atoms with Crippen LogP contribution >= 0.6 is 11.6 Å². The number of nitrogens with two attached hydrogens (primary N) is 1.